The molecule has 3 rings (SSSR count). The topological polar surface area (TPSA) is 117 Å². The number of nitrogens with one attached hydrogen (secondary N) is 2. The lowest BCUT2D eigenvalue weighted by atomic mass is 10.3. The number of carbonyl (C=O) groups excluding carboxylic acids is 2. The molecule has 0 aromatic carbocycles. The SMILES string of the molecule is Cc1nc(NC(=O)c2c[nH]c(=O)n(Cc3cccs3)c2=O)sc1C(=O)N(C)C. The number of amides is 2. The Labute approximate surface area is 167 Å². The molecule has 0 bridgehead atoms. The third kappa shape index (κ3) is 3.94. The number of aromatic nitrogens is 3. The molecule has 0 saturated heterocycles. The predicted octanol–water partition coefficient (Wildman–Crippen LogP) is 1.37. The third-order valence-electron chi connectivity index (χ3n) is 3.82. The Bertz CT molecular complexity index is 1140. The lowest BCUT2D eigenvalue weighted by Crippen LogP contribution is -2.39. The lowest BCUT2D eigenvalue weighted by Gasteiger charge is -2.07. The van der Waals surface area contributed by atoms with E-state index >= 15 is 0 Å². The van der Waals surface area contributed by atoms with Crippen molar-refractivity contribution in [3.63, 3.8) is 0 Å². The van der Waals surface area contributed by atoms with E-state index in [0.717, 1.165) is 27.0 Å². The fourth-order valence-electron chi connectivity index (χ4n) is 2.39. The van der Waals surface area contributed by atoms with Gasteiger partial charge in [-0.25, -0.2) is 9.78 Å². The van der Waals surface area contributed by atoms with Crippen molar-refractivity contribution in [2.45, 2.75) is 13.5 Å². The summed E-state index contributed by atoms with van der Waals surface area (Å²) >= 11 is 2.43. The van der Waals surface area contributed by atoms with Gasteiger partial charge in [0.15, 0.2) is 5.13 Å². The summed E-state index contributed by atoms with van der Waals surface area (Å²) in [5.41, 5.74) is -1.04. The van der Waals surface area contributed by atoms with Crippen LogP contribution in [0.25, 0.3) is 0 Å². The zero-order valence-corrected chi connectivity index (χ0v) is 16.9. The Hall–Kier alpha value is -3.05. The molecule has 0 aliphatic carbocycles. The van der Waals surface area contributed by atoms with E-state index in [2.05, 4.69) is 15.3 Å². The number of hydrogen-bond acceptors (Lipinski definition) is 7. The number of thiazole rings is 1. The molecule has 3 aromatic heterocycles. The highest BCUT2D eigenvalue weighted by Crippen LogP contribution is 2.23. The van der Waals surface area contributed by atoms with Gasteiger partial charge in [-0.3, -0.25) is 24.3 Å². The van der Waals surface area contributed by atoms with Crippen LogP contribution in [-0.4, -0.2) is 45.3 Å². The molecule has 11 heteroatoms. The van der Waals surface area contributed by atoms with Crippen molar-refractivity contribution in [3.05, 3.63) is 65.6 Å². The summed E-state index contributed by atoms with van der Waals surface area (Å²) in [6.07, 6.45) is 1.08. The molecule has 3 heterocycles. The van der Waals surface area contributed by atoms with Crippen LogP contribution in [0.4, 0.5) is 5.13 Å². The zero-order valence-electron chi connectivity index (χ0n) is 15.3. The van der Waals surface area contributed by atoms with E-state index in [4.69, 9.17) is 0 Å². The minimum absolute atomic E-state index is 0.0742. The third-order valence-corrected chi connectivity index (χ3v) is 5.74. The minimum Gasteiger partial charge on any atom is -0.344 e. The number of anilines is 1. The molecule has 0 fully saturated rings. The van der Waals surface area contributed by atoms with Gasteiger partial charge in [0.05, 0.1) is 12.2 Å². The van der Waals surface area contributed by atoms with Crippen LogP contribution in [0.3, 0.4) is 0 Å². The van der Waals surface area contributed by atoms with Crippen molar-refractivity contribution in [2.24, 2.45) is 0 Å². The number of aryl methyl sites for hydroxylation is 1. The molecule has 9 nitrogen and oxygen atoms in total. The maximum Gasteiger partial charge on any atom is 0.328 e. The van der Waals surface area contributed by atoms with Gasteiger partial charge in [0.2, 0.25) is 0 Å². The van der Waals surface area contributed by atoms with E-state index in [1.165, 1.54) is 16.2 Å². The smallest absolute Gasteiger partial charge is 0.328 e. The first-order valence-corrected chi connectivity index (χ1v) is 9.83. The summed E-state index contributed by atoms with van der Waals surface area (Å²) in [5, 5.41) is 4.56. The number of H-pyrrole nitrogens is 1. The summed E-state index contributed by atoms with van der Waals surface area (Å²) in [4.78, 5) is 58.5. The molecule has 0 spiro atoms. The molecule has 0 aliphatic rings. The van der Waals surface area contributed by atoms with Gasteiger partial charge in [-0.15, -0.1) is 11.3 Å². The number of carbonyl (C=O) groups is 2. The second kappa shape index (κ2) is 7.90. The molecule has 0 saturated carbocycles. The molecule has 146 valence electrons. The fourth-order valence-corrected chi connectivity index (χ4v) is 4.07. The van der Waals surface area contributed by atoms with E-state index in [-0.39, 0.29) is 23.1 Å². The van der Waals surface area contributed by atoms with Gasteiger partial charge in [0, 0.05) is 25.2 Å². The fraction of sp³-hybridized carbons (Fsp3) is 0.235. The Morgan fingerprint density at radius 2 is 2.07 bits per heavy atom. The van der Waals surface area contributed by atoms with Crippen LogP contribution in [0.15, 0.2) is 33.3 Å². The van der Waals surface area contributed by atoms with Crippen molar-refractivity contribution >= 4 is 39.6 Å². The first-order valence-electron chi connectivity index (χ1n) is 8.13. The van der Waals surface area contributed by atoms with Crippen LogP contribution in [0.1, 0.15) is 30.6 Å². The first kappa shape index (κ1) is 19.7. The molecular weight excluding hydrogens is 402 g/mol. The van der Waals surface area contributed by atoms with E-state index in [0.29, 0.717) is 10.6 Å². The lowest BCUT2D eigenvalue weighted by molar-refractivity contribution is 0.0831. The molecule has 2 amide bonds. The molecule has 0 unspecified atom stereocenters. The zero-order chi connectivity index (χ0) is 20.4. The van der Waals surface area contributed by atoms with Crippen LogP contribution in [0.2, 0.25) is 0 Å². The molecular formula is C17H17N5O4S2. The molecule has 28 heavy (non-hydrogen) atoms. The van der Waals surface area contributed by atoms with Gasteiger partial charge < -0.3 is 9.88 Å². The number of aromatic amines is 1. The highest BCUT2D eigenvalue weighted by atomic mass is 32.1. The number of nitrogens with zero attached hydrogens (tertiary/aromatic N) is 3. The molecule has 3 aromatic rings. The highest BCUT2D eigenvalue weighted by Gasteiger charge is 2.20. The van der Waals surface area contributed by atoms with Crippen LogP contribution in [0, 0.1) is 6.92 Å². The molecule has 0 atom stereocenters. The Morgan fingerprint density at radius 3 is 2.71 bits per heavy atom. The normalized spacial score (nSPS) is 10.7. The Kier molecular flexibility index (Phi) is 5.56. The van der Waals surface area contributed by atoms with E-state index in [9.17, 15) is 19.2 Å². The van der Waals surface area contributed by atoms with Crippen molar-refractivity contribution in [1.29, 1.82) is 0 Å². The minimum atomic E-state index is -0.709. The van der Waals surface area contributed by atoms with Crippen molar-refractivity contribution < 1.29 is 9.59 Å². The standard InChI is InChI=1S/C17H17N5O4S2/c1-9-12(15(25)21(2)3)28-16(19-9)20-13(23)11-7-18-17(26)22(14(11)24)8-10-5-4-6-27-10/h4-7H,8H2,1-3H3,(H,18,26)(H,19,20,23). The van der Waals surface area contributed by atoms with Crippen LogP contribution >= 0.6 is 22.7 Å². The van der Waals surface area contributed by atoms with Gasteiger partial charge in [-0.2, -0.15) is 0 Å². The van der Waals surface area contributed by atoms with Crippen LogP contribution in [-0.2, 0) is 6.54 Å². The Morgan fingerprint density at radius 1 is 1.32 bits per heavy atom. The average Bonchev–Trinajstić information content (AvgIpc) is 3.27. The summed E-state index contributed by atoms with van der Waals surface area (Å²) in [6, 6.07) is 3.61. The second-order valence-corrected chi connectivity index (χ2v) is 8.10. The summed E-state index contributed by atoms with van der Waals surface area (Å²) in [7, 11) is 3.24. The van der Waals surface area contributed by atoms with Gasteiger partial charge >= 0.3 is 5.69 Å². The summed E-state index contributed by atoms with van der Waals surface area (Å²) < 4.78 is 0.967. The quantitative estimate of drug-likeness (QED) is 0.648. The second-order valence-electron chi connectivity index (χ2n) is 6.07. The number of rotatable bonds is 5. The maximum absolute atomic E-state index is 12.6. The van der Waals surface area contributed by atoms with Crippen molar-refractivity contribution in [2.75, 3.05) is 19.4 Å². The van der Waals surface area contributed by atoms with Gasteiger partial charge in [-0.05, 0) is 18.4 Å². The monoisotopic (exact) mass is 419 g/mol. The molecule has 0 aliphatic heterocycles. The van der Waals surface area contributed by atoms with E-state index < -0.39 is 17.2 Å². The Balaban J connectivity index is 1.88. The summed E-state index contributed by atoms with van der Waals surface area (Å²) in [5.74, 6) is -0.934. The van der Waals surface area contributed by atoms with Gasteiger partial charge in [0.1, 0.15) is 10.4 Å². The van der Waals surface area contributed by atoms with Crippen molar-refractivity contribution in [1.82, 2.24) is 19.4 Å². The van der Waals surface area contributed by atoms with E-state index in [1.54, 1.807) is 27.1 Å². The molecule has 0 radical (unpaired) electrons. The van der Waals surface area contributed by atoms with Crippen molar-refractivity contribution in [3.8, 4) is 0 Å². The maximum atomic E-state index is 12.6. The largest absolute Gasteiger partial charge is 0.344 e. The average molecular weight is 419 g/mol. The summed E-state index contributed by atoms with van der Waals surface area (Å²) in [6.45, 7) is 1.74. The molecule has 2 N–H and O–H groups in total. The number of hydrogen-bond donors (Lipinski definition) is 2. The van der Waals surface area contributed by atoms with Gasteiger partial charge in [-0.1, -0.05) is 17.4 Å². The van der Waals surface area contributed by atoms with Crippen LogP contribution in [0.5, 0.6) is 0 Å². The van der Waals surface area contributed by atoms with E-state index in [1.807, 2.05) is 11.4 Å². The van der Waals surface area contributed by atoms with Gasteiger partial charge in [0.25, 0.3) is 17.4 Å². The highest BCUT2D eigenvalue weighted by molar-refractivity contribution is 7.17. The first-order chi connectivity index (χ1) is 13.3. The number of thiophene rings is 1. The van der Waals surface area contributed by atoms with Crippen LogP contribution < -0.4 is 16.6 Å². The predicted molar refractivity (Wildman–Crippen MR) is 108 cm³/mol.